The van der Waals surface area contributed by atoms with E-state index >= 15 is 0 Å². The van der Waals surface area contributed by atoms with Crippen LogP contribution in [0.2, 0.25) is 0 Å². The Hall–Kier alpha value is -2.03. The summed E-state index contributed by atoms with van der Waals surface area (Å²) in [7, 11) is 0. The predicted octanol–water partition coefficient (Wildman–Crippen LogP) is 2.65. The molecule has 2 aromatic rings. The quantitative estimate of drug-likeness (QED) is 0.813. The van der Waals surface area contributed by atoms with Crippen molar-refractivity contribution < 1.29 is 4.74 Å². The van der Waals surface area contributed by atoms with E-state index in [1.165, 1.54) is 5.56 Å². The second-order valence-corrected chi connectivity index (χ2v) is 4.39. The summed E-state index contributed by atoms with van der Waals surface area (Å²) in [4.78, 5) is 4.11. The maximum absolute atomic E-state index is 5.88. The van der Waals surface area contributed by atoms with Crippen molar-refractivity contribution in [3.05, 3.63) is 42.1 Å². The molecule has 3 heteroatoms. The van der Waals surface area contributed by atoms with E-state index in [2.05, 4.69) is 18.0 Å². The molecule has 1 aliphatic rings. The predicted molar refractivity (Wildman–Crippen MR) is 67.9 cm³/mol. The van der Waals surface area contributed by atoms with Gasteiger partial charge in [-0.25, -0.2) is 4.98 Å². The third-order valence-corrected chi connectivity index (χ3v) is 3.05. The highest BCUT2D eigenvalue weighted by atomic mass is 16.5. The topological polar surface area (TPSA) is 48.1 Å². The van der Waals surface area contributed by atoms with Gasteiger partial charge in [-0.05, 0) is 42.3 Å². The van der Waals surface area contributed by atoms with Gasteiger partial charge >= 0.3 is 0 Å². The van der Waals surface area contributed by atoms with Gasteiger partial charge in [0.25, 0.3) is 0 Å². The zero-order valence-electron chi connectivity index (χ0n) is 9.68. The lowest BCUT2D eigenvalue weighted by Gasteiger charge is -2.06. The summed E-state index contributed by atoms with van der Waals surface area (Å²) in [5, 5.41) is 0. The minimum atomic E-state index is 0.270. The van der Waals surface area contributed by atoms with Crippen LogP contribution in [0.3, 0.4) is 0 Å². The maximum Gasteiger partial charge on any atom is 0.131 e. The normalized spacial score (nSPS) is 17.6. The molecule has 1 atom stereocenters. The Morgan fingerprint density at radius 1 is 1.35 bits per heavy atom. The van der Waals surface area contributed by atoms with Crippen LogP contribution in [0.4, 0.5) is 5.82 Å². The van der Waals surface area contributed by atoms with Gasteiger partial charge in [0.15, 0.2) is 0 Å². The molecule has 3 nitrogen and oxygen atoms in total. The van der Waals surface area contributed by atoms with Gasteiger partial charge in [-0.1, -0.05) is 6.07 Å². The van der Waals surface area contributed by atoms with E-state index in [1.807, 2.05) is 24.3 Å². The summed E-state index contributed by atoms with van der Waals surface area (Å²) >= 11 is 0. The number of fused-ring (bicyclic) bond motifs is 1. The molecule has 0 saturated carbocycles. The SMILES string of the molecule is CC1Cc2cc(-c3cccnc3N)ccc2O1. The fraction of sp³-hybridized carbons (Fsp3) is 0.214. The van der Waals surface area contributed by atoms with Crippen LogP contribution in [0.1, 0.15) is 12.5 Å². The standard InChI is InChI=1S/C14H14N2O/c1-9-7-11-8-10(4-5-13(11)17-9)12-3-2-6-16-14(12)15/h2-6,8-9H,7H2,1H3,(H2,15,16). The molecule has 1 aromatic carbocycles. The average molecular weight is 226 g/mol. The first-order valence-electron chi connectivity index (χ1n) is 5.74. The van der Waals surface area contributed by atoms with Gasteiger partial charge in [0.05, 0.1) is 0 Å². The molecule has 1 unspecified atom stereocenters. The van der Waals surface area contributed by atoms with E-state index in [1.54, 1.807) is 6.20 Å². The first-order valence-corrected chi connectivity index (χ1v) is 5.74. The van der Waals surface area contributed by atoms with Gasteiger partial charge in [-0.15, -0.1) is 0 Å². The molecule has 0 saturated heterocycles. The maximum atomic E-state index is 5.88. The van der Waals surface area contributed by atoms with Crippen LogP contribution in [-0.4, -0.2) is 11.1 Å². The molecule has 3 rings (SSSR count). The fourth-order valence-electron chi connectivity index (χ4n) is 2.25. The number of pyridine rings is 1. The second kappa shape index (κ2) is 3.77. The third kappa shape index (κ3) is 1.73. The smallest absolute Gasteiger partial charge is 0.131 e. The summed E-state index contributed by atoms with van der Waals surface area (Å²) in [5.74, 6) is 1.56. The zero-order chi connectivity index (χ0) is 11.8. The number of ether oxygens (including phenoxy) is 1. The van der Waals surface area contributed by atoms with Gasteiger partial charge in [-0.3, -0.25) is 0 Å². The van der Waals surface area contributed by atoms with E-state index in [4.69, 9.17) is 10.5 Å². The van der Waals surface area contributed by atoms with E-state index in [0.717, 1.165) is 23.3 Å². The first kappa shape index (κ1) is 10.1. The molecule has 86 valence electrons. The summed E-state index contributed by atoms with van der Waals surface area (Å²) in [6, 6.07) is 10.1. The van der Waals surface area contributed by atoms with Crippen molar-refractivity contribution in [2.24, 2.45) is 0 Å². The lowest BCUT2D eigenvalue weighted by molar-refractivity contribution is 0.254. The average Bonchev–Trinajstić information content (AvgIpc) is 2.68. The highest BCUT2D eigenvalue weighted by Gasteiger charge is 2.19. The largest absolute Gasteiger partial charge is 0.490 e. The summed E-state index contributed by atoms with van der Waals surface area (Å²) in [6.45, 7) is 2.08. The number of hydrogen-bond donors (Lipinski definition) is 1. The molecule has 0 radical (unpaired) electrons. The van der Waals surface area contributed by atoms with Crippen LogP contribution in [0.5, 0.6) is 5.75 Å². The third-order valence-electron chi connectivity index (χ3n) is 3.05. The summed E-state index contributed by atoms with van der Waals surface area (Å²) < 4.78 is 5.68. The Labute approximate surface area is 100 Å². The number of aromatic nitrogens is 1. The first-order chi connectivity index (χ1) is 8.24. The number of nitrogens with zero attached hydrogens (tertiary/aromatic N) is 1. The molecule has 1 aliphatic heterocycles. The van der Waals surface area contributed by atoms with Crippen LogP contribution in [-0.2, 0) is 6.42 Å². The van der Waals surface area contributed by atoms with Crippen molar-refractivity contribution in [1.29, 1.82) is 0 Å². The van der Waals surface area contributed by atoms with Crippen LogP contribution in [0.25, 0.3) is 11.1 Å². The second-order valence-electron chi connectivity index (χ2n) is 4.39. The number of hydrogen-bond acceptors (Lipinski definition) is 3. The number of nitrogen functional groups attached to an aromatic ring is 1. The zero-order valence-corrected chi connectivity index (χ0v) is 9.68. The highest BCUT2D eigenvalue weighted by molar-refractivity contribution is 5.74. The molecule has 2 N–H and O–H groups in total. The van der Waals surface area contributed by atoms with Crippen molar-refractivity contribution in [3.8, 4) is 16.9 Å². The lowest BCUT2D eigenvalue weighted by atomic mass is 10.0. The molecule has 0 spiro atoms. The number of nitrogens with two attached hydrogens (primary N) is 1. The van der Waals surface area contributed by atoms with Crippen LogP contribution in [0.15, 0.2) is 36.5 Å². The van der Waals surface area contributed by atoms with Gasteiger partial charge in [0, 0.05) is 18.2 Å². The van der Waals surface area contributed by atoms with Gasteiger partial charge in [0.1, 0.15) is 17.7 Å². The van der Waals surface area contributed by atoms with Gasteiger partial charge in [-0.2, -0.15) is 0 Å². The van der Waals surface area contributed by atoms with Crippen molar-refractivity contribution >= 4 is 5.82 Å². The highest BCUT2D eigenvalue weighted by Crippen LogP contribution is 2.33. The van der Waals surface area contributed by atoms with E-state index in [0.29, 0.717) is 5.82 Å². The summed E-state index contributed by atoms with van der Waals surface area (Å²) in [6.07, 6.45) is 2.94. The molecule has 0 amide bonds. The minimum absolute atomic E-state index is 0.270. The Bertz CT molecular complexity index is 566. The lowest BCUT2D eigenvalue weighted by Crippen LogP contribution is -2.05. The number of rotatable bonds is 1. The molecule has 1 aromatic heterocycles. The van der Waals surface area contributed by atoms with Crippen LogP contribution < -0.4 is 10.5 Å². The molecular weight excluding hydrogens is 212 g/mol. The van der Waals surface area contributed by atoms with Crippen LogP contribution >= 0.6 is 0 Å². The Kier molecular flexibility index (Phi) is 2.25. The van der Waals surface area contributed by atoms with E-state index in [9.17, 15) is 0 Å². The molecule has 2 heterocycles. The van der Waals surface area contributed by atoms with Crippen molar-refractivity contribution in [1.82, 2.24) is 4.98 Å². The number of anilines is 1. The monoisotopic (exact) mass is 226 g/mol. The summed E-state index contributed by atoms with van der Waals surface area (Å²) in [5.41, 5.74) is 9.22. The Balaban J connectivity index is 2.07. The van der Waals surface area contributed by atoms with Crippen molar-refractivity contribution in [2.75, 3.05) is 5.73 Å². The molecule has 0 fully saturated rings. The van der Waals surface area contributed by atoms with Gasteiger partial charge < -0.3 is 10.5 Å². The van der Waals surface area contributed by atoms with Crippen molar-refractivity contribution in [2.45, 2.75) is 19.4 Å². The van der Waals surface area contributed by atoms with Gasteiger partial charge in [0.2, 0.25) is 0 Å². The Morgan fingerprint density at radius 3 is 3.06 bits per heavy atom. The van der Waals surface area contributed by atoms with E-state index < -0.39 is 0 Å². The molecule has 0 bridgehead atoms. The molecular formula is C14H14N2O. The molecule has 17 heavy (non-hydrogen) atoms. The van der Waals surface area contributed by atoms with Crippen LogP contribution in [0, 0.1) is 0 Å². The molecule has 0 aliphatic carbocycles. The number of benzene rings is 1. The minimum Gasteiger partial charge on any atom is -0.490 e. The van der Waals surface area contributed by atoms with E-state index in [-0.39, 0.29) is 6.10 Å². The van der Waals surface area contributed by atoms with Crippen molar-refractivity contribution in [3.63, 3.8) is 0 Å². The Morgan fingerprint density at radius 2 is 2.24 bits per heavy atom. The fourth-order valence-corrected chi connectivity index (χ4v) is 2.25.